The van der Waals surface area contributed by atoms with Gasteiger partial charge in [-0.05, 0) is 38.0 Å². The number of benzene rings is 1. The van der Waals surface area contributed by atoms with E-state index in [0.717, 1.165) is 20.0 Å². The summed E-state index contributed by atoms with van der Waals surface area (Å²) in [5.74, 6) is -1.87. The van der Waals surface area contributed by atoms with E-state index in [1.54, 1.807) is 6.92 Å². The van der Waals surface area contributed by atoms with Gasteiger partial charge in [0, 0.05) is 10.6 Å². The van der Waals surface area contributed by atoms with Gasteiger partial charge in [0.1, 0.15) is 0 Å². The van der Waals surface area contributed by atoms with Gasteiger partial charge in [-0.2, -0.15) is 0 Å². The molecule has 0 heterocycles. The molecule has 2 atom stereocenters. The molecule has 0 amide bonds. The summed E-state index contributed by atoms with van der Waals surface area (Å²) >= 11 is 5.93. The highest BCUT2D eigenvalue weighted by atomic mass is 35.5. The van der Waals surface area contributed by atoms with Gasteiger partial charge in [0.2, 0.25) is 10.0 Å². The number of nitrogens with one attached hydrogen (secondary N) is 1. The third kappa shape index (κ3) is 4.19. The highest BCUT2D eigenvalue weighted by molar-refractivity contribution is 7.89. The zero-order valence-electron chi connectivity index (χ0n) is 14.9. The van der Waals surface area contributed by atoms with Crippen LogP contribution < -0.4 is 4.72 Å². The molecule has 0 bridgehead atoms. The average molecular weight is 404 g/mol. The molecule has 2 rings (SSSR count). The molecule has 0 aromatic heterocycles. The first kappa shape index (κ1) is 20.7. The molecule has 1 aromatic carbocycles. The van der Waals surface area contributed by atoms with Crippen LogP contribution in [0, 0.1) is 5.92 Å². The van der Waals surface area contributed by atoms with Gasteiger partial charge in [0.05, 0.1) is 30.6 Å². The molecule has 0 spiro atoms. The second kappa shape index (κ2) is 7.94. The second-order valence-electron chi connectivity index (χ2n) is 6.48. The summed E-state index contributed by atoms with van der Waals surface area (Å²) in [6.07, 6.45) is 2.57. The number of methoxy groups -OCH3 is 2. The maximum absolute atomic E-state index is 13.0. The summed E-state index contributed by atoms with van der Waals surface area (Å²) in [7, 11) is -1.71. The molecule has 0 saturated heterocycles. The Hall–Kier alpha value is -1.64. The number of ether oxygens (including phenoxy) is 2. The number of rotatable bonds is 5. The van der Waals surface area contributed by atoms with Crippen LogP contribution in [-0.4, -0.2) is 40.1 Å². The van der Waals surface area contributed by atoms with E-state index in [0.29, 0.717) is 12.8 Å². The smallest absolute Gasteiger partial charge is 0.339 e. The highest BCUT2D eigenvalue weighted by Crippen LogP contribution is 2.36. The fourth-order valence-electron chi connectivity index (χ4n) is 3.33. The van der Waals surface area contributed by atoms with Crippen LogP contribution in [0.1, 0.15) is 43.0 Å². The van der Waals surface area contributed by atoms with Crippen molar-refractivity contribution >= 4 is 33.6 Å². The molecule has 0 unspecified atom stereocenters. The molecule has 26 heavy (non-hydrogen) atoms. The largest absolute Gasteiger partial charge is 0.469 e. The Labute approximate surface area is 158 Å². The summed E-state index contributed by atoms with van der Waals surface area (Å²) in [6.45, 7) is 1.67. The molecular formula is C17H22ClNO6S. The molecule has 1 saturated carbocycles. The Morgan fingerprint density at radius 2 is 1.92 bits per heavy atom. The van der Waals surface area contributed by atoms with Gasteiger partial charge < -0.3 is 9.47 Å². The van der Waals surface area contributed by atoms with E-state index in [1.807, 2.05) is 0 Å². The summed E-state index contributed by atoms with van der Waals surface area (Å²) in [5.41, 5.74) is -1.15. The Balaban J connectivity index is 2.46. The third-order valence-electron chi connectivity index (χ3n) is 4.70. The summed E-state index contributed by atoms with van der Waals surface area (Å²) < 4.78 is 38.1. The van der Waals surface area contributed by atoms with E-state index in [-0.39, 0.29) is 15.5 Å². The number of carbonyl (C=O) groups excluding carboxylic acids is 2. The molecule has 144 valence electrons. The highest BCUT2D eigenvalue weighted by Gasteiger charge is 2.45. The van der Waals surface area contributed by atoms with Crippen LogP contribution in [0.4, 0.5) is 0 Å². The van der Waals surface area contributed by atoms with Crippen molar-refractivity contribution in [3.8, 4) is 0 Å². The summed E-state index contributed by atoms with van der Waals surface area (Å²) in [6, 6.07) is 3.89. The number of esters is 2. The van der Waals surface area contributed by atoms with Gasteiger partial charge in [0.25, 0.3) is 0 Å². The van der Waals surface area contributed by atoms with Gasteiger partial charge in [-0.1, -0.05) is 24.4 Å². The predicted molar refractivity (Wildman–Crippen MR) is 95.5 cm³/mol. The van der Waals surface area contributed by atoms with Crippen molar-refractivity contribution in [3.05, 3.63) is 28.8 Å². The number of carbonyl (C=O) groups is 2. The van der Waals surface area contributed by atoms with Gasteiger partial charge in [-0.25, -0.2) is 17.9 Å². The number of hydrogen-bond donors (Lipinski definition) is 1. The molecule has 1 N–H and O–H groups in total. The van der Waals surface area contributed by atoms with Crippen LogP contribution in [0.5, 0.6) is 0 Å². The third-order valence-corrected chi connectivity index (χ3v) is 6.59. The molecule has 1 aliphatic rings. The summed E-state index contributed by atoms with van der Waals surface area (Å²) in [5, 5.41) is 0.163. The van der Waals surface area contributed by atoms with Gasteiger partial charge in [-0.15, -0.1) is 0 Å². The Morgan fingerprint density at radius 1 is 1.23 bits per heavy atom. The molecular weight excluding hydrogens is 382 g/mol. The molecule has 7 nitrogen and oxygen atoms in total. The quantitative estimate of drug-likeness (QED) is 0.758. The second-order valence-corrected chi connectivity index (χ2v) is 8.56. The number of sulfonamides is 1. The van der Waals surface area contributed by atoms with E-state index in [1.165, 1.54) is 25.3 Å². The van der Waals surface area contributed by atoms with Crippen molar-refractivity contribution in [1.82, 2.24) is 4.72 Å². The van der Waals surface area contributed by atoms with Crippen molar-refractivity contribution in [2.75, 3.05) is 14.2 Å². The SMILES string of the molecule is COC(=O)c1ccc(Cl)cc1S(=O)(=O)N[C@]1(C)CCCC[C@@H]1C(=O)OC. The number of halogens is 1. The molecule has 0 aliphatic heterocycles. The minimum absolute atomic E-state index is 0.126. The summed E-state index contributed by atoms with van der Waals surface area (Å²) in [4.78, 5) is 23.8. The Bertz CT molecular complexity index is 809. The first-order chi connectivity index (χ1) is 12.1. The molecule has 0 radical (unpaired) electrons. The van der Waals surface area contributed by atoms with Crippen LogP contribution in [-0.2, 0) is 24.3 Å². The van der Waals surface area contributed by atoms with E-state index in [4.69, 9.17) is 16.3 Å². The number of hydrogen-bond acceptors (Lipinski definition) is 6. The van der Waals surface area contributed by atoms with Gasteiger partial charge in [-0.3, -0.25) is 4.79 Å². The topological polar surface area (TPSA) is 98.8 Å². The minimum atomic E-state index is -4.14. The predicted octanol–water partition coefficient (Wildman–Crippen LogP) is 2.53. The Kier molecular flexibility index (Phi) is 6.31. The van der Waals surface area contributed by atoms with Gasteiger partial charge >= 0.3 is 11.9 Å². The van der Waals surface area contributed by atoms with E-state index >= 15 is 0 Å². The molecule has 1 aliphatic carbocycles. The zero-order chi connectivity index (χ0) is 19.5. The van der Waals surface area contributed by atoms with Crippen LogP contribution >= 0.6 is 11.6 Å². The van der Waals surface area contributed by atoms with Gasteiger partial charge in [0.15, 0.2) is 0 Å². The van der Waals surface area contributed by atoms with E-state index < -0.39 is 33.4 Å². The van der Waals surface area contributed by atoms with Crippen LogP contribution in [0.3, 0.4) is 0 Å². The molecule has 1 aromatic rings. The fraction of sp³-hybridized carbons (Fsp3) is 0.529. The van der Waals surface area contributed by atoms with Crippen molar-refractivity contribution in [2.45, 2.75) is 43.0 Å². The van der Waals surface area contributed by atoms with Crippen LogP contribution in [0.2, 0.25) is 5.02 Å². The maximum atomic E-state index is 13.0. The lowest BCUT2D eigenvalue weighted by atomic mass is 9.74. The first-order valence-electron chi connectivity index (χ1n) is 8.14. The maximum Gasteiger partial charge on any atom is 0.339 e. The normalized spacial score (nSPS) is 23.3. The minimum Gasteiger partial charge on any atom is -0.469 e. The van der Waals surface area contributed by atoms with Crippen molar-refractivity contribution in [3.63, 3.8) is 0 Å². The van der Waals surface area contributed by atoms with Crippen molar-refractivity contribution < 1.29 is 27.5 Å². The standard InChI is InChI=1S/C17H22ClNO6S/c1-17(9-5-4-6-13(17)16(21)25-3)19-26(22,23)14-10-11(18)7-8-12(14)15(20)24-2/h7-8,10,13,19H,4-6,9H2,1-3H3/t13-,17-/m1/s1. The lowest BCUT2D eigenvalue weighted by molar-refractivity contribution is -0.149. The Morgan fingerprint density at radius 3 is 2.54 bits per heavy atom. The average Bonchev–Trinajstić information content (AvgIpc) is 2.60. The molecule has 9 heteroatoms. The van der Waals surface area contributed by atoms with Crippen molar-refractivity contribution in [2.24, 2.45) is 5.92 Å². The first-order valence-corrected chi connectivity index (χ1v) is 10.0. The molecule has 1 fully saturated rings. The van der Waals surface area contributed by atoms with Crippen molar-refractivity contribution in [1.29, 1.82) is 0 Å². The van der Waals surface area contributed by atoms with E-state index in [9.17, 15) is 18.0 Å². The van der Waals surface area contributed by atoms with Crippen LogP contribution in [0.25, 0.3) is 0 Å². The fourth-order valence-corrected chi connectivity index (χ4v) is 5.26. The zero-order valence-corrected chi connectivity index (χ0v) is 16.4. The lowest BCUT2D eigenvalue weighted by Crippen LogP contribution is -2.55. The lowest BCUT2D eigenvalue weighted by Gasteiger charge is -2.40. The monoisotopic (exact) mass is 403 g/mol. The van der Waals surface area contributed by atoms with Crippen LogP contribution in [0.15, 0.2) is 23.1 Å². The van der Waals surface area contributed by atoms with E-state index in [2.05, 4.69) is 9.46 Å².